The zero-order valence-corrected chi connectivity index (χ0v) is 13.3. The molecule has 0 bridgehead atoms. The molecular weight excluding hydrogens is 411 g/mol. The Morgan fingerprint density at radius 2 is 1.14 bits per heavy atom. The van der Waals surface area contributed by atoms with Crippen LogP contribution in [-0.4, -0.2) is 0 Å². The van der Waals surface area contributed by atoms with Gasteiger partial charge in [-0.3, -0.25) is 0 Å². The Bertz CT molecular complexity index is 76.7. The third-order valence-electron chi connectivity index (χ3n) is 0.517. The van der Waals surface area contributed by atoms with Gasteiger partial charge in [-0.2, -0.15) is 0 Å². The van der Waals surface area contributed by atoms with Gasteiger partial charge in [-0.1, -0.05) is 0 Å². The number of hydrogen-bond donors (Lipinski definition) is 0. The topological polar surface area (TPSA) is 0 Å². The summed E-state index contributed by atoms with van der Waals surface area (Å²) in [6, 6.07) is 0. The molecule has 1 aliphatic heterocycles. The summed E-state index contributed by atoms with van der Waals surface area (Å²) >= 11 is -2.88. The molecule has 1 heterocycles. The molecule has 0 unspecified atom stereocenters. The summed E-state index contributed by atoms with van der Waals surface area (Å²) in [6.07, 6.45) is 0. The summed E-state index contributed by atoms with van der Waals surface area (Å²) in [7, 11) is 16.8. The molecule has 0 aromatic carbocycles. The second kappa shape index (κ2) is 2.77. The Morgan fingerprint density at radius 3 is 1.14 bits per heavy atom. The fourth-order valence-electron chi connectivity index (χ4n) is 0.0567. The summed E-state index contributed by atoms with van der Waals surface area (Å²) in [5.74, 6) is 0. The standard InChI is InChI=1S/C2H4.3ClH.Pt.Rb/c1-2;;;;;/h1-2H2;3*1H;;/q;;;;+2;+1/p-3. The van der Waals surface area contributed by atoms with Gasteiger partial charge in [-0.25, -0.2) is 0 Å². The predicted octanol–water partition coefficient (Wildman–Crippen LogP) is -0.00840. The van der Waals surface area contributed by atoms with Crippen LogP contribution >= 0.6 is 28.3 Å². The van der Waals surface area contributed by atoms with E-state index in [-0.39, 0.29) is 58.2 Å². The van der Waals surface area contributed by atoms with Crippen molar-refractivity contribution in [3.63, 3.8) is 0 Å². The summed E-state index contributed by atoms with van der Waals surface area (Å²) in [5, 5.41) is 0. The molecule has 0 saturated carbocycles. The Kier molecular flexibility index (Phi) is 4.11. The van der Waals surface area contributed by atoms with E-state index >= 15 is 0 Å². The van der Waals surface area contributed by atoms with E-state index in [1.54, 1.807) is 0 Å². The van der Waals surface area contributed by atoms with Gasteiger partial charge in [0.1, 0.15) is 0 Å². The summed E-state index contributed by atoms with van der Waals surface area (Å²) in [5.41, 5.74) is 0. The van der Waals surface area contributed by atoms with E-state index in [0.29, 0.717) is 0 Å². The SMILES string of the molecule is [Cl][Pt-]1([Cl])([Cl])[CH2][CH2]1.[Rb+]. The van der Waals surface area contributed by atoms with Crippen LogP contribution in [0.5, 0.6) is 0 Å². The summed E-state index contributed by atoms with van der Waals surface area (Å²) in [4.78, 5) is 1.80. The first-order valence-electron chi connectivity index (χ1n) is 1.31. The van der Waals surface area contributed by atoms with Crippen molar-refractivity contribution in [2.75, 3.05) is 0 Å². The molecule has 0 aromatic rings. The first-order chi connectivity index (χ1) is 2.47. The number of rotatable bonds is 0. The second-order valence-corrected chi connectivity index (χ2v) is 26.3. The van der Waals surface area contributed by atoms with Gasteiger partial charge in [0.15, 0.2) is 0 Å². The molecular formula is C2H4Cl3PtRb. The van der Waals surface area contributed by atoms with Gasteiger partial charge in [0.25, 0.3) is 0 Å². The van der Waals surface area contributed by atoms with Gasteiger partial charge in [-0.05, 0) is 0 Å². The van der Waals surface area contributed by atoms with E-state index < -0.39 is 11.7 Å². The van der Waals surface area contributed by atoms with Crippen LogP contribution in [0.4, 0.5) is 0 Å². The molecule has 0 nitrogen and oxygen atoms in total. The van der Waals surface area contributed by atoms with Crippen molar-refractivity contribution in [2.24, 2.45) is 0 Å². The quantitative estimate of drug-likeness (QED) is 0.523. The molecule has 7 heavy (non-hydrogen) atoms. The maximum absolute atomic E-state index is 5.61. The molecule has 0 N–H and O–H groups in total. The minimum absolute atomic E-state index is 0. The molecule has 0 atom stereocenters. The fraction of sp³-hybridized carbons (Fsp3) is 1.00. The van der Waals surface area contributed by atoms with Crippen LogP contribution in [0, 0.1) is 0 Å². The molecule has 1 rings (SSSR count). The molecule has 1 fully saturated rings. The van der Waals surface area contributed by atoms with Crippen molar-refractivity contribution in [1.29, 1.82) is 0 Å². The van der Waals surface area contributed by atoms with Crippen molar-refractivity contribution in [2.45, 2.75) is 9.62 Å². The predicted molar refractivity (Wildman–Crippen MR) is 27.2 cm³/mol. The summed E-state index contributed by atoms with van der Waals surface area (Å²) in [6.45, 7) is 0. The van der Waals surface area contributed by atoms with Crippen molar-refractivity contribution >= 4 is 28.3 Å². The molecule has 1 saturated heterocycles. The Morgan fingerprint density at radius 1 is 1.00 bits per heavy atom. The average Bonchev–Trinajstić information content (AvgIpc) is 1.73. The van der Waals surface area contributed by atoms with E-state index in [1.165, 1.54) is 0 Å². The van der Waals surface area contributed by atoms with Crippen molar-refractivity contribution in [3.8, 4) is 0 Å². The van der Waals surface area contributed by atoms with Crippen LogP contribution in [0.2, 0.25) is 9.62 Å². The van der Waals surface area contributed by atoms with Crippen LogP contribution in [0.25, 0.3) is 0 Å². The molecule has 0 aliphatic carbocycles. The Hall–Kier alpha value is 3.36. The maximum atomic E-state index is 5.61. The molecule has 5 heteroatoms. The maximum Gasteiger partial charge on any atom is 1.00 e. The van der Waals surface area contributed by atoms with E-state index in [1.807, 2.05) is 0 Å². The van der Waals surface area contributed by atoms with E-state index in [2.05, 4.69) is 0 Å². The number of halogens is 3. The van der Waals surface area contributed by atoms with E-state index in [4.69, 9.17) is 28.3 Å². The first kappa shape index (κ1) is 10.4. The second-order valence-electron chi connectivity index (χ2n) is 1.12. The van der Waals surface area contributed by atoms with E-state index in [0.717, 1.165) is 9.62 Å². The van der Waals surface area contributed by atoms with Gasteiger partial charge >= 0.3 is 108 Å². The van der Waals surface area contributed by atoms with Crippen LogP contribution < -0.4 is 58.2 Å². The van der Waals surface area contributed by atoms with Crippen molar-refractivity contribution in [3.05, 3.63) is 0 Å². The van der Waals surface area contributed by atoms with Crippen LogP contribution in [0.15, 0.2) is 0 Å². The minimum Gasteiger partial charge on any atom is 1.00 e. The third kappa shape index (κ3) is 4.73. The smallest absolute Gasteiger partial charge is 1.00 e. The average molecular weight is 415 g/mol. The van der Waals surface area contributed by atoms with Gasteiger partial charge in [0.05, 0.1) is 0 Å². The zero-order chi connectivity index (χ0) is 4.86. The Labute approximate surface area is 105 Å². The van der Waals surface area contributed by atoms with Gasteiger partial charge in [-0.15, -0.1) is 0 Å². The van der Waals surface area contributed by atoms with Gasteiger partial charge in [0, 0.05) is 0 Å². The van der Waals surface area contributed by atoms with Gasteiger partial charge < -0.3 is 0 Å². The molecule has 0 aromatic heterocycles. The van der Waals surface area contributed by atoms with Crippen molar-refractivity contribution in [1.82, 2.24) is 0 Å². The molecule has 44 valence electrons. The first-order valence-corrected chi connectivity index (χ1v) is 13.0. The molecule has 0 radical (unpaired) electrons. The largest absolute Gasteiger partial charge is 1.00 e. The molecule has 1 aliphatic rings. The van der Waals surface area contributed by atoms with Crippen LogP contribution in [-0.2, 0) is 11.7 Å². The molecule has 0 amide bonds. The zero-order valence-electron chi connectivity index (χ0n) is 3.86. The number of hydrogen-bond acceptors (Lipinski definition) is 0. The van der Waals surface area contributed by atoms with E-state index in [9.17, 15) is 0 Å². The summed E-state index contributed by atoms with van der Waals surface area (Å²) < 4.78 is 0. The monoisotopic (exact) mass is 413 g/mol. The third-order valence-corrected chi connectivity index (χ3v) is 10.1. The van der Waals surface area contributed by atoms with Crippen LogP contribution in [0.3, 0.4) is 0 Å². The fourth-order valence-corrected chi connectivity index (χ4v) is 11.4. The minimum atomic E-state index is -2.88. The normalized spacial score (nSPS) is 36.7. The van der Waals surface area contributed by atoms with Gasteiger partial charge in [0.2, 0.25) is 0 Å². The molecule has 0 spiro atoms. The van der Waals surface area contributed by atoms with Crippen LogP contribution in [0.1, 0.15) is 0 Å². The van der Waals surface area contributed by atoms with Crippen molar-refractivity contribution < 1.29 is 69.9 Å². The Balaban J connectivity index is 0.000000360.